The zero-order valence-corrected chi connectivity index (χ0v) is 13.1. The summed E-state index contributed by atoms with van der Waals surface area (Å²) in [7, 11) is 0. The quantitative estimate of drug-likeness (QED) is 0.553. The van der Waals surface area contributed by atoms with Crippen LogP contribution in [0.5, 0.6) is 0 Å². The van der Waals surface area contributed by atoms with Crippen molar-refractivity contribution in [1.29, 1.82) is 0 Å². The molecule has 2 N–H and O–H groups in total. The number of hydrogen-bond donors (Lipinski definition) is 2. The van der Waals surface area contributed by atoms with Crippen LogP contribution in [-0.2, 0) is 11.2 Å². The van der Waals surface area contributed by atoms with Crippen molar-refractivity contribution in [2.45, 2.75) is 12.5 Å². The number of rotatable bonds is 4. The van der Waals surface area contributed by atoms with E-state index in [4.69, 9.17) is 5.21 Å². The Morgan fingerprint density at radius 2 is 2.09 bits per heavy atom. The summed E-state index contributed by atoms with van der Waals surface area (Å²) in [5.74, 6) is -0.529. The zero-order chi connectivity index (χ0) is 15.5. The van der Waals surface area contributed by atoms with Crippen LogP contribution in [0.3, 0.4) is 0 Å². The minimum Gasteiger partial charge on any atom is -0.289 e. The highest BCUT2D eigenvalue weighted by atomic mass is 79.9. The van der Waals surface area contributed by atoms with Crippen molar-refractivity contribution >= 4 is 32.9 Å². The average Bonchev–Trinajstić information content (AvgIpc) is 2.95. The SMILES string of the molecule is O=C(NO)C(Cc1ccccc1)n1ncc2cc(Br)cnc21. The van der Waals surface area contributed by atoms with Gasteiger partial charge >= 0.3 is 0 Å². The molecule has 0 saturated heterocycles. The second-order valence-corrected chi connectivity index (χ2v) is 5.75. The molecule has 1 amide bonds. The Labute approximate surface area is 134 Å². The summed E-state index contributed by atoms with van der Waals surface area (Å²) in [6, 6.07) is 10.8. The van der Waals surface area contributed by atoms with Crippen molar-refractivity contribution in [3.05, 3.63) is 58.8 Å². The molecule has 2 aromatic heterocycles. The van der Waals surface area contributed by atoms with Gasteiger partial charge in [-0.25, -0.2) is 15.1 Å². The summed E-state index contributed by atoms with van der Waals surface area (Å²) >= 11 is 3.36. The smallest absolute Gasteiger partial charge is 0.268 e. The van der Waals surface area contributed by atoms with Crippen LogP contribution in [0.15, 0.2) is 53.3 Å². The number of fused-ring (bicyclic) bond motifs is 1. The van der Waals surface area contributed by atoms with Gasteiger partial charge in [0.05, 0.1) is 6.20 Å². The molecule has 3 rings (SSSR count). The highest BCUT2D eigenvalue weighted by Gasteiger charge is 2.23. The number of pyridine rings is 1. The fraction of sp³-hybridized carbons (Fsp3) is 0.133. The Kier molecular flexibility index (Phi) is 4.17. The largest absolute Gasteiger partial charge is 0.289 e. The monoisotopic (exact) mass is 360 g/mol. The number of nitrogens with zero attached hydrogens (tertiary/aromatic N) is 3. The molecular formula is C15H13BrN4O2. The van der Waals surface area contributed by atoms with Crippen LogP contribution >= 0.6 is 15.9 Å². The molecule has 1 unspecified atom stereocenters. The van der Waals surface area contributed by atoms with E-state index in [1.165, 1.54) is 4.68 Å². The van der Waals surface area contributed by atoms with Crippen LogP contribution in [0, 0.1) is 0 Å². The van der Waals surface area contributed by atoms with E-state index < -0.39 is 11.9 Å². The van der Waals surface area contributed by atoms with E-state index >= 15 is 0 Å². The Balaban J connectivity index is 2.02. The van der Waals surface area contributed by atoms with Gasteiger partial charge in [0.2, 0.25) is 0 Å². The molecule has 2 heterocycles. The molecule has 1 atom stereocenters. The van der Waals surface area contributed by atoms with E-state index in [0.29, 0.717) is 12.1 Å². The van der Waals surface area contributed by atoms with Crippen molar-refractivity contribution in [1.82, 2.24) is 20.2 Å². The number of carbonyl (C=O) groups excluding carboxylic acids is 1. The van der Waals surface area contributed by atoms with E-state index in [-0.39, 0.29) is 0 Å². The van der Waals surface area contributed by atoms with Crippen molar-refractivity contribution in [3.8, 4) is 0 Å². The van der Waals surface area contributed by atoms with Gasteiger partial charge < -0.3 is 0 Å². The van der Waals surface area contributed by atoms with Crippen LogP contribution in [0.4, 0.5) is 0 Å². The molecule has 3 aromatic rings. The Morgan fingerprint density at radius 1 is 1.32 bits per heavy atom. The molecular weight excluding hydrogens is 348 g/mol. The van der Waals surface area contributed by atoms with Gasteiger partial charge in [0.25, 0.3) is 5.91 Å². The van der Waals surface area contributed by atoms with E-state index in [1.807, 2.05) is 36.4 Å². The summed E-state index contributed by atoms with van der Waals surface area (Å²) in [6.07, 6.45) is 3.70. The molecule has 0 spiro atoms. The Bertz CT molecular complexity index is 804. The van der Waals surface area contributed by atoms with Crippen molar-refractivity contribution in [3.63, 3.8) is 0 Å². The van der Waals surface area contributed by atoms with E-state index in [0.717, 1.165) is 15.4 Å². The average molecular weight is 361 g/mol. The molecule has 22 heavy (non-hydrogen) atoms. The topological polar surface area (TPSA) is 80.0 Å². The number of benzene rings is 1. The first kappa shape index (κ1) is 14.7. The highest BCUT2D eigenvalue weighted by molar-refractivity contribution is 9.10. The summed E-state index contributed by atoms with van der Waals surface area (Å²) < 4.78 is 2.37. The first-order valence-electron chi connectivity index (χ1n) is 6.65. The molecule has 6 nitrogen and oxygen atoms in total. The van der Waals surface area contributed by atoms with Crippen LogP contribution in [-0.4, -0.2) is 25.9 Å². The van der Waals surface area contributed by atoms with E-state index in [2.05, 4.69) is 26.0 Å². The normalized spacial score (nSPS) is 12.3. The third kappa shape index (κ3) is 2.86. The van der Waals surface area contributed by atoms with Gasteiger partial charge in [-0.05, 0) is 27.6 Å². The van der Waals surface area contributed by atoms with Gasteiger partial charge in [0.1, 0.15) is 6.04 Å². The van der Waals surface area contributed by atoms with Gasteiger partial charge in [0, 0.05) is 22.5 Å². The van der Waals surface area contributed by atoms with Gasteiger partial charge in [-0.2, -0.15) is 5.10 Å². The molecule has 0 radical (unpaired) electrons. The van der Waals surface area contributed by atoms with Gasteiger partial charge in [-0.3, -0.25) is 10.0 Å². The Morgan fingerprint density at radius 3 is 2.82 bits per heavy atom. The third-order valence-corrected chi connectivity index (χ3v) is 3.81. The third-order valence-electron chi connectivity index (χ3n) is 3.38. The lowest BCUT2D eigenvalue weighted by Gasteiger charge is -2.16. The molecule has 0 aliphatic heterocycles. The minimum absolute atomic E-state index is 0.405. The fourth-order valence-electron chi connectivity index (χ4n) is 2.34. The van der Waals surface area contributed by atoms with Crippen LogP contribution in [0.25, 0.3) is 11.0 Å². The maximum atomic E-state index is 12.1. The van der Waals surface area contributed by atoms with E-state index in [9.17, 15) is 4.79 Å². The number of carbonyl (C=O) groups is 1. The molecule has 0 aliphatic rings. The second-order valence-electron chi connectivity index (χ2n) is 4.84. The predicted octanol–water partition coefficient (Wildman–Crippen LogP) is 2.48. The Hall–Kier alpha value is -2.25. The minimum atomic E-state index is -0.682. The number of halogens is 1. The first-order valence-corrected chi connectivity index (χ1v) is 7.45. The number of hydroxylamine groups is 1. The maximum Gasteiger partial charge on any atom is 0.268 e. The lowest BCUT2D eigenvalue weighted by atomic mass is 10.1. The fourth-order valence-corrected chi connectivity index (χ4v) is 2.69. The van der Waals surface area contributed by atoms with Crippen LogP contribution < -0.4 is 5.48 Å². The zero-order valence-electron chi connectivity index (χ0n) is 11.5. The molecule has 0 aliphatic carbocycles. The summed E-state index contributed by atoms with van der Waals surface area (Å²) in [5.41, 5.74) is 3.27. The molecule has 0 bridgehead atoms. The van der Waals surface area contributed by atoms with Crippen LogP contribution in [0.1, 0.15) is 11.6 Å². The van der Waals surface area contributed by atoms with Gasteiger partial charge in [-0.1, -0.05) is 30.3 Å². The summed E-state index contributed by atoms with van der Waals surface area (Å²) in [4.78, 5) is 16.4. The summed E-state index contributed by atoms with van der Waals surface area (Å²) in [6.45, 7) is 0. The molecule has 0 fully saturated rings. The van der Waals surface area contributed by atoms with Crippen molar-refractivity contribution in [2.75, 3.05) is 0 Å². The van der Waals surface area contributed by atoms with E-state index in [1.54, 1.807) is 17.9 Å². The van der Waals surface area contributed by atoms with Crippen molar-refractivity contribution < 1.29 is 10.0 Å². The first-order chi connectivity index (χ1) is 10.7. The summed E-state index contributed by atoms with van der Waals surface area (Å²) in [5, 5.41) is 14.1. The number of nitrogens with one attached hydrogen (secondary N) is 1. The lowest BCUT2D eigenvalue weighted by molar-refractivity contribution is -0.132. The lowest BCUT2D eigenvalue weighted by Crippen LogP contribution is -2.32. The molecule has 1 aromatic carbocycles. The molecule has 112 valence electrons. The number of amides is 1. The predicted molar refractivity (Wildman–Crippen MR) is 84.3 cm³/mol. The number of aromatic nitrogens is 3. The standard InChI is InChI=1S/C15H13BrN4O2/c16-12-7-11-8-18-20(14(11)17-9-12)13(15(21)19-22)6-10-4-2-1-3-5-10/h1-5,7-9,13,22H,6H2,(H,19,21). The maximum absolute atomic E-state index is 12.1. The highest BCUT2D eigenvalue weighted by Crippen LogP contribution is 2.22. The van der Waals surface area contributed by atoms with Gasteiger partial charge in [-0.15, -0.1) is 0 Å². The second kappa shape index (κ2) is 6.25. The number of hydrogen-bond acceptors (Lipinski definition) is 4. The van der Waals surface area contributed by atoms with Crippen molar-refractivity contribution in [2.24, 2.45) is 0 Å². The molecule has 7 heteroatoms. The molecule has 0 saturated carbocycles. The van der Waals surface area contributed by atoms with Gasteiger partial charge in [0.15, 0.2) is 5.65 Å². The van der Waals surface area contributed by atoms with Crippen LogP contribution in [0.2, 0.25) is 0 Å².